The molecule has 0 aliphatic carbocycles. The van der Waals surface area contributed by atoms with Crippen molar-refractivity contribution in [3.05, 3.63) is 21.1 Å². The fourth-order valence-electron chi connectivity index (χ4n) is 2.67. The van der Waals surface area contributed by atoms with Crippen molar-refractivity contribution in [2.75, 3.05) is 11.4 Å². The summed E-state index contributed by atoms with van der Waals surface area (Å²) >= 11 is 1.35. The minimum absolute atomic E-state index is 0.133. The number of nitrogens with zero attached hydrogens (tertiary/aromatic N) is 2. The summed E-state index contributed by atoms with van der Waals surface area (Å²) in [6, 6.07) is 1.87. The highest BCUT2D eigenvalue weighted by Gasteiger charge is 2.34. The predicted molar refractivity (Wildman–Crippen MR) is 76.8 cm³/mol. The molecule has 2 heterocycles. The molecule has 1 N–H and O–H groups in total. The summed E-state index contributed by atoms with van der Waals surface area (Å²) in [6.45, 7) is 6.81. The number of hydrogen-bond acceptors (Lipinski definition) is 5. The Morgan fingerprint density at radius 2 is 2.21 bits per heavy atom. The zero-order valence-electron chi connectivity index (χ0n) is 11.5. The van der Waals surface area contributed by atoms with Gasteiger partial charge in [0.2, 0.25) is 0 Å². The van der Waals surface area contributed by atoms with Gasteiger partial charge in [0.05, 0.1) is 11.0 Å². The van der Waals surface area contributed by atoms with Crippen molar-refractivity contribution in [3.63, 3.8) is 0 Å². The quantitative estimate of drug-likeness (QED) is 0.680. The van der Waals surface area contributed by atoms with E-state index in [0.717, 1.165) is 19.4 Å². The largest absolute Gasteiger partial charge is 0.388 e. The van der Waals surface area contributed by atoms with Crippen LogP contribution in [0.2, 0.25) is 0 Å². The van der Waals surface area contributed by atoms with Gasteiger partial charge in [-0.1, -0.05) is 13.8 Å². The van der Waals surface area contributed by atoms with E-state index in [9.17, 15) is 15.2 Å². The molecule has 1 aliphatic heterocycles. The molecule has 1 saturated heterocycles. The zero-order valence-corrected chi connectivity index (χ0v) is 12.3. The van der Waals surface area contributed by atoms with Gasteiger partial charge in [0, 0.05) is 23.5 Å². The first kappa shape index (κ1) is 14.3. The van der Waals surface area contributed by atoms with Crippen LogP contribution in [0, 0.1) is 16.0 Å². The van der Waals surface area contributed by atoms with Crippen molar-refractivity contribution < 1.29 is 10.0 Å². The molecule has 1 aromatic rings. The lowest BCUT2D eigenvalue weighted by Crippen LogP contribution is -2.33. The van der Waals surface area contributed by atoms with Crippen LogP contribution in [0.5, 0.6) is 0 Å². The molecule has 2 atom stereocenters. The van der Waals surface area contributed by atoms with Crippen LogP contribution in [0.15, 0.2) is 6.07 Å². The van der Waals surface area contributed by atoms with Crippen LogP contribution >= 0.6 is 11.3 Å². The highest BCUT2D eigenvalue weighted by atomic mass is 32.1. The molecule has 0 spiro atoms. The Hall–Kier alpha value is -1.14. The van der Waals surface area contributed by atoms with E-state index < -0.39 is 6.10 Å². The van der Waals surface area contributed by atoms with E-state index in [4.69, 9.17) is 0 Å². The van der Waals surface area contributed by atoms with Gasteiger partial charge in [-0.05, 0) is 25.7 Å². The highest BCUT2D eigenvalue weighted by molar-refractivity contribution is 7.16. The van der Waals surface area contributed by atoms with E-state index in [2.05, 4.69) is 18.7 Å². The van der Waals surface area contributed by atoms with E-state index >= 15 is 0 Å². The first-order chi connectivity index (χ1) is 8.91. The third kappa shape index (κ3) is 2.74. The Kier molecular flexibility index (Phi) is 4.10. The second-order valence-corrected chi connectivity index (χ2v) is 6.48. The third-order valence-corrected chi connectivity index (χ3v) is 4.98. The number of nitro groups is 1. The van der Waals surface area contributed by atoms with Crippen molar-refractivity contribution in [1.82, 2.24) is 0 Å². The zero-order chi connectivity index (χ0) is 14.2. The molecule has 5 nitrogen and oxygen atoms in total. The summed E-state index contributed by atoms with van der Waals surface area (Å²) in [5, 5.41) is 21.5. The van der Waals surface area contributed by atoms with Gasteiger partial charge >= 0.3 is 5.69 Å². The molecule has 1 unspecified atom stereocenters. The van der Waals surface area contributed by atoms with Crippen LogP contribution in [-0.2, 0) is 0 Å². The summed E-state index contributed by atoms with van der Waals surface area (Å²) in [4.78, 5) is 13.7. The van der Waals surface area contributed by atoms with E-state index in [1.165, 1.54) is 17.4 Å². The maximum atomic E-state index is 11.2. The van der Waals surface area contributed by atoms with Crippen molar-refractivity contribution in [2.24, 2.45) is 5.92 Å². The average molecular weight is 284 g/mol. The Labute approximate surface area is 117 Å². The summed E-state index contributed by atoms with van der Waals surface area (Å²) in [5.41, 5.74) is 0.133. The van der Waals surface area contributed by atoms with Gasteiger partial charge in [0.15, 0.2) is 5.00 Å². The van der Waals surface area contributed by atoms with Gasteiger partial charge in [0.1, 0.15) is 0 Å². The average Bonchev–Trinajstić information content (AvgIpc) is 2.95. The first-order valence-electron chi connectivity index (χ1n) is 6.64. The molecule has 19 heavy (non-hydrogen) atoms. The Bertz CT molecular complexity index is 470. The van der Waals surface area contributed by atoms with Crippen molar-refractivity contribution in [2.45, 2.75) is 45.8 Å². The first-order valence-corrected chi connectivity index (χ1v) is 7.46. The fourth-order valence-corrected chi connectivity index (χ4v) is 3.82. The molecule has 0 amide bonds. The number of aliphatic hydroxyl groups is 1. The molecule has 1 aromatic heterocycles. The smallest absolute Gasteiger partial charge is 0.304 e. The van der Waals surface area contributed by atoms with Crippen LogP contribution in [-0.4, -0.2) is 22.6 Å². The molecule has 1 fully saturated rings. The summed E-state index contributed by atoms with van der Waals surface area (Å²) in [6.07, 6.45) is 1.50. The standard InChI is InChI=1S/C13H20N2O3S/c1-8(2)10-5-4-6-14(10)13-11(15(17)18)7-12(19-13)9(3)16/h7-10,16H,4-6H2,1-3H3/t9-,10?/m0/s1. The monoisotopic (exact) mass is 284 g/mol. The number of aliphatic hydroxyl groups excluding tert-OH is 1. The molecule has 0 aromatic carbocycles. The summed E-state index contributed by atoms with van der Waals surface area (Å²) < 4.78 is 0. The summed E-state index contributed by atoms with van der Waals surface area (Å²) in [7, 11) is 0. The van der Waals surface area contributed by atoms with Gasteiger partial charge < -0.3 is 10.0 Å². The van der Waals surface area contributed by atoms with E-state index in [-0.39, 0.29) is 10.6 Å². The summed E-state index contributed by atoms with van der Waals surface area (Å²) in [5.74, 6) is 0.471. The molecule has 2 rings (SSSR count). The van der Waals surface area contributed by atoms with Gasteiger partial charge in [-0.2, -0.15) is 0 Å². The topological polar surface area (TPSA) is 66.6 Å². The van der Waals surface area contributed by atoms with Crippen molar-refractivity contribution >= 4 is 22.0 Å². The highest BCUT2D eigenvalue weighted by Crippen LogP contribution is 2.43. The Balaban J connectivity index is 2.40. The van der Waals surface area contributed by atoms with E-state index in [0.29, 0.717) is 21.8 Å². The van der Waals surface area contributed by atoms with Gasteiger partial charge in [-0.3, -0.25) is 10.1 Å². The van der Waals surface area contributed by atoms with Crippen LogP contribution in [0.1, 0.15) is 44.6 Å². The maximum Gasteiger partial charge on any atom is 0.304 e. The normalized spacial score (nSPS) is 21.1. The second kappa shape index (κ2) is 5.46. The van der Waals surface area contributed by atoms with Crippen molar-refractivity contribution in [1.29, 1.82) is 0 Å². The molecular formula is C13H20N2O3S. The lowest BCUT2D eigenvalue weighted by molar-refractivity contribution is -0.383. The lowest BCUT2D eigenvalue weighted by Gasteiger charge is -2.27. The van der Waals surface area contributed by atoms with Crippen LogP contribution in [0.4, 0.5) is 10.7 Å². The number of rotatable bonds is 4. The fraction of sp³-hybridized carbons (Fsp3) is 0.692. The molecule has 6 heteroatoms. The van der Waals surface area contributed by atoms with Gasteiger partial charge in [0.25, 0.3) is 0 Å². The van der Waals surface area contributed by atoms with Crippen LogP contribution in [0.3, 0.4) is 0 Å². The lowest BCUT2D eigenvalue weighted by atomic mass is 10.0. The van der Waals surface area contributed by atoms with Gasteiger partial charge in [-0.15, -0.1) is 11.3 Å². The predicted octanol–water partition coefficient (Wildman–Crippen LogP) is 3.33. The number of thiophene rings is 1. The SMILES string of the molecule is CC(C)C1CCCN1c1sc([C@H](C)O)cc1[N+](=O)[O-]. The van der Waals surface area contributed by atoms with E-state index in [1.54, 1.807) is 6.92 Å². The van der Waals surface area contributed by atoms with Gasteiger partial charge in [-0.25, -0.2) is 0 Å². The molecule has 0 bridgehead atoms. The Morgan fingerprint density at radius 3 is 2.74 bits per heavy atom. The molecule has 0 radical (unpaired) electrons. The van der Waals surface area contributed by atoms with Crippen LogP contribution < -0.4 is 4.90 Å². The van der Waals surface area contributed by atoms with Crippen LogP contribution in [0.25, 0.3) is 0 Å². The minimum atomic E-state index is -0.655. The molecular weight excluding hydrogens is 264 g/mol. The molecule has 0 saturated carbocycles. The minimum Gasteiger partial charge on any atom is -0.388 e. The molecule has 106 valence electrons. The van der Waals surface area contributed by atoms with E-state index in [1.807, 2.05) is 0 Å². The third-order valence-electron chi connectivity index (χ3n) is 3.65. The number of hydrogen-bond donors (Lipinski definition) is 1. The van der Waals surface area contributed by atoms with Crippen molar-refractivity contribution in [3.8, 4) is 0 Å². The second-order valence-electron chi connectivity index (χ2n) is 5.42. The molecule has 1 aliphatic rings. The Morgan fingerprint density at radius 1 is 1.53 bits per heavy atom. The maximum absolute atomic E-state index is 11.2. The number of anilines is 1.